The maximum Gasteiger partial charge on any atom is 0.472 e. The first-order chi connectivity index (χ1) is 25.3. The van der Waals surface area contributed by atoms with E-state index in [0.29, 0.717) is 12.8 Å². The van der Waals surface area contributed by atoms with Gasteiger partial charge < -0.3 is 20.1 Å². The van der Waals surface area contributed by atoms with Gasteiger partial charge in [0.05, 0.1) is 13.2 Å². The Morgan fingerprint density at radius 1 is 0.596 bits per heavy atom. The molecule has 0 aromatic rings. The van der Waals surface area contributed by atoms with E-state index in [9.17, 15) is 19.0 Å². The van der Waals surface area contributed by atoms with E-state index in [-0.39, 0.29) is 32.6 Å². The fraction of sp³-hybridized carbons (Fsp3) is 0.714. The molecular formula is C42H74NO8P. The van der Waals surface area contributed by atoms with Gasteiger partial charge in [0.2, 0.25) is 0 Å². The molecule has 0 aromatic heterocycles. The van der Waals surface area contributed by atoms with Crippen LogP contribution in [0.15, 0.2) is 60.8 Å². The lowest BCUT2D eigenvalue weighted by Gasteiger charge is -2.19. The predicted octanol–water partition coefficient (Wildman–Crippen LogP) is 11.3. The second-order valence-corrected chi connectivity index (χ2v) is 14.6. The highest BCUT2D eigenvalue weighted by atomic mass is 31.2. The summed E-state index contributed by atoms with van der Waals surface area (Å²) in [6.07, 6.45) is 44.0. The number of phosphoric ester groups is 1. The van der Waals surface area contributed by atoms with Crippen molar-refractivity contribution in [1.82, 2.24) is 0 Å². The smallest absolute Gasteiger partial charge is 0.462 e. The van der Waals surface area contributed by atoms with E-state index >= 15 is 0 Å². The number of ether oxygens (including phenoxy) is 2. The highest BCUT2D eigenvalue weighted by Crippen LogP contribution is 2.43. The van der Waals surface area contributed by atoms with Crippen molar-refractivity contribution in [3.05, 3.63) is 60.8 Å². The Kier molecular flexibility index (Phi) is 36.7. The molecule has 0 aliphatic rings. The molecule has 0 fully saturated rings. The summed E-state index contributed by atoms with van der Waals surface area (Å²) in [5.41, 5.74) is 5.33. The molecule has 0 saturated carbocycles. The molecule has 0 amide bonds. The quantitative estimate of drug-likeness (QED) is 0.0275. The first-order valence-electron chi connectivity index (χ1n) is 20.3. The van der Waals surface area contributed by atoms with Crippen molar-refractivity contribution in [2.24, 2.45) is 5.73 Å². The Morgan fingerprint density at radius 3 is 1.56 bits per heavy atom. The number of nitrogens with two attached hydrogens (primary N) is 1. The number of allylic oxidation sites excluding steroid dienone is 10. The van der Waals surface area contributed by atoms with Gasteiger partial charge in [0.15, 0.2) is 6.10 Å². The van der Waals surface area contributed by atoms with Gasteiger partial charge in [0, 0.05) is 19.4 Å². The summed E-state index contributed by atoms with van der Waals surface area (Å²) in [5.74, 6) is -0.899. The summed E-state index contributed by atoms with van der Waals surface area (Å²) in [5, 5.41) is 0. The van der Waals surface area contributed by atoms with Crippen LogP contribution in [0.25, 0.3) is 0 Å². The Labute approximate surface area is 317 Å². The Morgan fingerprint density at radius 2 is 1.06 bits per heavy atom. The normalized spacial score (nSPS) is 14.0. The van der Waals surface area contributed by atoms with Gasteiger partial charge >= 0.3 is 19.8 Å². The molecule has 0 radical (unpaired) electrons. The van der Waals surface area contributed by atoms with Gasteiger partial charge in [-0.05, 0) is 51.4 Å². The number of carbonyl (C=O) groups excluding carboxylic acids is 2. The van der Waals surface area contributed by atoms with Crippen LogP contribution in [0.1, 0.15) is 162 Å². The summed E-state index contributed by atoms with van der Waals surface area (Å²) in [7, 11) is -4.39. The summed E-state index contributed by atoms with van der Waals surface area (Å²) < 4.78 is 32.6. The Balaban J connectivity index is 4.29. The van der Waals surface area contributed by atoms with E-state index in [2.05, 4.69) is 68.5 Å². The van der Waals surface area contributed by atoms with E-state index < -0.39 is 32.5 Å². The molecule has 0 aromatic carbocycles. The zero-order chi connectivity index (χ0) is 38.2. The van der Waals surface area contributed by atoms with Crippen molar-refractivity contribution >= 4 is 19.8 Å². The highest BCUT2D eigenvalue weighted by molar-refractivity contribution is 7.47. The standard InChI is InChI=1S/C42H74NO8P/c1-3-5-7-9-11-13-15-17-19-20-21-23-24-26-28-30-32-34-41(44)48-38-40(39-50-52(46,47)49-37-36-43)51-42(45)35-33-31-29-27-25-22-18-16-14-12-10-8-6-4-2/h5,7,11,13,17,19,21,23,26,28,40H,3-4,6,8-10,12,14-16,18,20,22,24-25,27,29-39,43H2,1-2H3,(H,46,47)/b7-5-,13-11-,19-17-,23-21-,28-26-/t40-/m1/s1. The maximum absolute atomic E-state index is 12.5. The van der Waals surface area contributed by atoms with Crippen molar-refractivity contribution in [2.75, 3.05) is 26.4 Å². The van der Waals surface area contributed by atoms with Crippen LogP contribution in [0.3, 0.4) is 0 Å². The number of hydrogen-bond acceptors (Lipinski definition) is 8. The molecular weight excluding hydrogens is 677 g/mol. The lowest BCUT2D eigenvalue weighted by molar-refractivity contribution is -0.161. The first-order valence-corrected chi connectivity index (χ1v) is 21.8. The van der Waals surface area contributed by atoms with Gasteiger partial charge in [-0.25, -0.2) is 4.57 Å². The zero-order valence-electron chi connectivity index (χ0n) is 32.8. The van der Waals surface area contributed by atoms with Crippen molar-refractivity contribution in [2.45, 2.75) is 168 Å². The third-order valence-electron chi connectivity index (χ3n) is 8.17. The molecule has 0 saturated heterocycles. The summed E-state index contributed by atoms with van der Waals surface area (Å²) in [6, 6.07) is 0. The van der Waals surface area contributed by atoms with Crippen LogP contribution in [-0.2, 0) is 32.7 Å². The second kappa shape index (κ2) is 38.4. The lowest BCUT2D eigenvalue weighted by atomic mass is 10.0. The fourth-order valence-electron chi connectivity index (χ4n) is 5.20. The predicted molar refractivity (Wildman–Crippen MR) is 215 cm³/mol. The summed E-state index contributed by atoms with van der Waals surface area (Å²) >= 11 is 0. The first kappa shape index (κ1) is 49.7. The van der Waals surface area contributed by atoms with Crippen LogP contribution < -0.4 is 5.73 Å². The van der Waals surface area contributed by atoms with Gasteiger partial charge in [-0.2, -0.15) is 0 Å². The number of unbranched alkanes of at least 4 members (excludes halogenated alkanes) is 14. The SMILES string of the molecule is CC/C=C\C/C=C\C/C=C\C/C=C\C/C=C\CCCC(=O)OC[C@H](COP(=O)(O)OCCN)OC(=O)CCCCCCCCCCCCCCCC. The molecule has 2 atom stereocenters. The van der Waals surface area contributed by atoms with Gasteiger partial charge in [-0.15, -0.1) is 0 Å². The molecule has 3 N–H and O–H groups in total. The third-order valence-corrected chi connectivity index (χ3v) is 9.15. The average Bonchev–Trinajstić information content (AvgIpc) is 3.13. The number of esters is 2. The van der Waals surface area contributed by atoms with Crippen LogP contribution in [-0.4, -0.2) is 49.3 Å². The third kappa shape index (κ3) is 37.5. The molecule has 10 heteroatoms. The molecule has 300 valence electrons. The maximum atomic E-state index is 12.5. The number of hydrogen-bond donors (Lipinski definition) is 2. The molecule has 0 rings (SSSR count). The van der Waals surface area contributed by atoms with Gasteiger partial charge in [-0.1, -0.05) is 158 Å². The van der Waals surface area contributed by atoms with E-state index in [4.69, 9.17) is 24.3 Å². The minimum Gasteiger partial charge on any atom is -0.462 e. The van der Waals surface area contributed by atoms with Crippen LogP contribution in [0, 0.1) is 0 Å². The minimum atomic E-state index is -4.39. The highest BCUT2D eigenvalue weighted by Gasteiger charge is 2.25. The number of carbonyl (C=O) groups is 2. The molecule has 0 spiro atoms. The average molecular weight is 752 g/mol. The molecule has 0 bridgehead atoms. The Bertz CT molecular complexity index is 1040. The van der Waals surface area contributed by atoms with Crippen molar-refractivity contribution < 1.29 is 37.6 Å². The fourth-order valence-corrected chi connectivity index (χ4v) is 5.96. The van der Waals surface area contributed by atoms with Crippen LogP contribution in [0.5, 0.6) is 0 Å². The Hall–Kier alpha value is -2.29. The molecule has 1 unspecified atom stereocenters. The number of rotatable bonds is 37. The van der Waals surface area contributed by atoms with Gasteiger partial charge in [0.1, 0.15) is 6.61 Å². The molecule has 0 heterocycles. The van der Waals surface area contributed by atoms with Crippen LogP contribution >= 0.6 is 7.82 Å². The van der Waals surface area contributed by atoms with Crippen molar-refractivity contribution in [3.8, 4) is 0 Å². The van der Waals surface area contributed by atoms with Gasteiger partial charge in [-0.3, -0.25) is 18.6 Å². The van der Waals surface area contributed by atoms with Crippen LogP contribution in [0.4, 0.5) is 0 Å². The van der Waals surface area contributed by atoms with Gasteiger partial charge in [0.25, 0.3) is 0 Å². The van der Waals surface area contributed by atoms with Crippen molar-refractivity contribution in [1.29, 1.82) is 0 Å². The topological polar surface area (TPSA) is 134 Å². The monoisotopic (exact) mass is 752 g/mol. The number of phosphoric acid groups is 1. The largest absolute Gasteiger partial charge is 0.472 e. The molecule has 52 heavy (non-hydrogen) atoms. The lowest BCUT2D eigenvalue weighted by Crippen LogP contribution is -2.29. The van der Waals surface area contributed by atoms with E-state index in [1.807, 2.05) is 6.08 Å². The van der Waals surface area contributed by atoms with Crippen molar-refractivity contribution in [3.63, 3.8) is 0 Å². The molecule has 9 nitrogen and oxygen atoms in total. The van der Waals surface area contributed by atoms with Crippen LogP contribution in [0.2, 0.25) is 0 Å². The van der Waals surface area contributed by atoms with E-state index in [1.54, 1.807) is 0 Å². The zero-order valence-corrected chi connectivity index (χ0v) is 33.7. The summed E-state index contributed by atoms with van der Waals surface area (Å²) in [6.45, 7) is 3.54. The molecule has 0 aliphatic carbocycles. The van der Waals surface area contributed by atoms with E-state index in [1.165, 1.54) is 64.2 Å². The second-order valence-electron chi connectivity index (χ2n) is 13.1. The molecule has 0 aliphatic heterocycles. The summed E-state index contributed by atoms with van der Waals surface area (Å²) in [4.78, 5) is 34.8. The van der Waals surface area contributed by atoms with E-state index in [0.717, 1.165) is 57.8 Å². The minimum absolute atomic E-state index is 0.0444.